The third-order valence-electron chi connectivity index (χ3n) is 4.79. The lowest BCUT2D eigenvalue weighted by atomic mass is 9.84. The van der Waals surface area contributed by atoms with Crippen LogP contribution >= 0.6 is 0 Å². The Morgan fingerprint density at radius 1 is 1.21 bits per heavy atom. The van der Waals surface area contributed by atoms with Gasteiger partial charge < -0.3 is 19.6 Å². The van der Waals surface area contributed by atoms with E-state index in [1.807, 2.05) is 20.8 Å². The summed E-state index contributed by atoms with van der Waals surface area (Å²) in [6.07, 6.45) is 0.535. The van der Waals surface area contributed by atoms with Crippen LogP contribution in [0.3, 0.4) is 0 Å². The SMILES string of the molecule is CC(C)(C)C1CN(C(=O)COc2ccc(-n3cnnn3)cc2)CCN1C(=O)O. The summed E-state index contributed by atoms with van der Waals surface area (Å²) >= 11 is 0. The number of amides is 2. The highest BCUT2D eigenvalue weighted by molar-refractivity contribution is 5.78. The van der Waals surface area contributed by atoms with E-state index in [4.69, 9.17) is 4.74 Å². The molecule has 1 N–H and O–H groups in total. The number of ether oxygens (including phenoxy) is 1. The van der Waals surface area contributed by atoms with Crippen molar-refractivity contribution in [3.8, 4) is 11.4 Å². The number of carbonyl (C=O) groups is 2. The predicted octanol–water partition coefficient (Wildman–Crippen LogP) is 1.28. The Hall–Kier alpha value is -3.17. The van der Waals surface area contributed by atoms with E-state index in [-0.39, 0.29) is 24.0 Å². The first-order valence-corrected chi connectivity index (χ1v) is 8.99. The number of benzene rings is 1. The molecule has 1 aliphatic rings. The zero-order valence-corrected chi connectivity index (χ0v) is 16.1. The Balaban J connectivity index is 1.58. The van der Waals surface area contributed by atoms with Gasteiger partial charge in [-0.25, -0.2) is 9.48 Å². The first kappa shape index (κ1) is 19.6. The van der Waals surface area contributed by atoms with Crippen LogP contribution in [0, 0.1) is 5.41 Å². The molecule has 0 aliphatic carbocycles. The van der Waals surface area contributed by atoms with Gasteiger partial charge in [0, 0.05) is 19.6 Å². The second-order valence-electron chi connectivity index (χ2n) is 7.73. The lowest BCUT2D eigenvalue weighted by Gasteiger charge is -2.45. The van der Waals surface area contributed by atoms with E-state index in [1.165, 1.54) is 15.9 Å². The minimum atomic E-state index is -0.953. The Bertz CT molecular complexity index is 816. The van der Waals surface area contributed by atoms with Gasteiger partial charge in [0.25, 0.3) is 5.91 Å². The van der Waals surface area contributed by atoms with Crippen LogP contribution in [0.5, 0.6) is 5.75 Å². The van der Waals surface area contributed by atoms with E-state index in [0.29, 0.717) is 25.4 Å². The highest BCUT2D eigenvalue weighted by Crippen LogP contribution is 2.28. The molecular formula is C18H24N6O4. The molecule has 0 saturated carbocycles. The monoisotopic (exact) mass is 388 g/mol. The van der Waals surface area contributed by atoms with Gasteiger partial charge >= 0.3 is 6.09 Å². The van der Waals surface area contributed by atoms with Crippen molar-refractivity contribution in [2.45, 2.75) is 26.8 Å². The molecule has 1 saturated heterocycles. The fourth-order valence-corrected chi connectivity index (χ4v) is 3.19. The first-order valence-electron chi connectivity index (χ1n) is 8.99. The van der Waals surface area contributed by atoms with Crippen molar-refractivity contribution in [2.24, 2.45) is 5.41 Å². The number of hydrogen-bond donors (Lipinski definition) is 1. The summed E-state index contributed by atoms with van der Waals surface area (Å²) in [7, 11) is 0. The van der Waals surface area contributed by atoms with Crippen LogP contribution in [-0.4, -0.2) is 79.4 Å². The number of aromatic nitrogens is 4. The van der Waals surface area contributed by atoms with Gasteiger partial charge in [-0.1, -0.05) is 20.8 Å². The van der Waals surface area contributed by atoms with Crippen molar-refractivity contribution in [1.82, 2.24) is 30.0 Å². The summed E-state index contributed by atoms with van der Waals surface area (Å²) in [6, 6.07) is 6.79. The molecule has 0 spiro atoms. The van der Waals surface area contributed by atoms with Crippen LogP contribution < -0.4 is 4.74 Å². The number of carboxylic acid groups (broad SMARTS) is 1. The van der Waals surface area contributed by atoms with Crippen LogP contribution in [0.1, 0.15) is 20.8 Å². The van der Waals surface area contributed by atoms with E-state index in [9.17, 15) is 14.7 Å². The van der Waals surface area contributed by atoms with Gasteiger partial charge in [0.1, 0.15) is 12.1 Å². The normalized spacial score (nSPS) is 17.5. The van der Waals surface area contributed by atoms with Crippen molar-refractivity contribution < 1.29 is 19.4 Å². The van der Waals surface area contributed by atoms with E-state index in [1.54, 1.807) is 29.2 Å². The fraction of sp³-hybridized carbons (Fsp3) is 0.500. The number of rotatable bonds is 4. The van der Waals surface area contributed by atoms with Gasteiger partial charge in [-0.15, -0.1) is 5.10 Å². The molecule has 2 aromatic rings. The molecule has 10 heteroatoms. The van der Waals surface area contributed by atoms with E-state index in [0.717, 1.165) is 5.69 Å². The van der Waals surface area contributed by atoms with Crippen molar-refractivity contribution >= 4 is 12.0 Å². The van der Waals surface area contributed by atoms with Gasteiger partial charge in [-0.05, 0) is 40.1 Å². The van der Waals surface area contributed by atoms with E-state index < -0.39 is 6.09 Å². The quantitative estimate of drug-likeness (QED) is 0.839. The molecule has 3 rings (SSSR count). The van der Waals surface area contributed by atoms with Gasteiger partial charge in [0.05, 0.1) is 11.7 Å². The lowest BCUT2D eigenvalue weighted by Crippen LogP contribution is -2.60. The molecule has 1 aliphatic heterocycles. The standard InChI is InChI=1S/C18H24N6O4/c1-18(2,3)15-10-22(8-9-23(15)17(26)27)16(25)11-28-14-6-4-13(5-7-14)24-12-19-20-21-24/h4-7,12,15H,8-11H2,1-3H3,(H,26,27). The van der Waals surface area contributed by atoms with Gasteiger partial charge in [0.2, 0.25) is 0 Å². The summed E-state index contributed by atoms with van der Waals surface area (Å²) < 4.78 is 7.12. The molecule has 1 aromatic heterocycles. The Kier molecular flexibility index (Phi) is 5.48. The number of hydrogen-bond acceptors (Lipinski definition) is 6. The molecule has 10 nitrogen and oxygen atoms in total. The van der Waals surface area contributed by atoms with Crippen molar-refractivity contribution in [3.05, 3.63) is 30.6 Å². The third kappa shape index (κ3) is 4.38. The van der Waals surface area contributed by atoms with Crippen LogP contribution in [0.25, 0.3) is 5.69 Å². The average Bonchev–Trinajstić information content (AvgIpc) is 3.20. The molecule has 28 heavy (non-hydrogen) atoms. The summed E-state index contributed by atoms with van der Waals surface area (Å²) in [6.45, 7) is 6.84. The zero-order chi connectivity index (χ0) is 20.3. The lowest BCUT2D eigenvalue weighted by molar-refractivity contribution is -0.137. The molecule has 150 valence electrons. The largest absolute Gasteiger partial charge is 0.484 e. The third-order valence-corrected chi connectivity index (χ3v) is 4.79. The van der Waals surface area contributed by atoms with Crippen molar-refractivity contribution in [2.75, 3.05) is 26.2 Å². The van der Waals surface area contributed by atoms with Crippen LogP contribution in [0.2, 0.25) is 0 Å². The molecule has 2 amide bonds. The number of nitrogens with zero attached hydrogens (tertiary/aromatic N) is 6. The maximum Gasteiger partial charge on any atom is 0.407 e. The van der Waals surface area contributed by atoms with Crippen molar-refractivity contribution in [3.63, 3.8) is 0 Å². The molecule has 1 fully saturated rings. The molecule has 0 radical (unpaired) electrons. The summed E-state index contributed by atoms with van der Waals surface area (Å²) in [4.78, 5) is 27.2. The first-order chi connectivity index (χ1) is 13.3. The van der Waals surface area contributed by atoms with Crippen molar-refractivity contribution in [1.29, 1.82) is 0 Å². The summed E-state index contributed by atoms with van der Waals surface area (Å²) in [5, 5.41) is 20.4. The Morgan fingerprint density at radius 3 is 2.50 bits per heavy atom. The van der Waals surface area contributed by atoms with E-state index >= 15 is 0 Å². The minimum absolute atomic E-state index is 0.103. The average molecular weight is 388 g/mol. The summed E-state index contributed by atoms with van der Waals surface area (Å²) in [5.74, 6) is 0.394. The summed E-state index contributed by atoms with van der Waals surface area (Å²) in [5.41, 5.74) is 0.506. The van der Waals surface area contributed by atoms with Crippen LogP contribution in [0.15, 0.2) is 30.6 Å². The molecular weight excluding hydrogens is 364 g/mol. The molecule has 2 heterocycles. The van der Waals surface area contributed by atoms with E-state index in [2.05, 4.69) is 15.5 Å². The molecule has 1 unspecified atom stereocenters. The number of tetrazole rings is 1. The number of carbonyl (C=O) groups excluding carboxylic acids is 1. The number of piperazine rings is 1. The maximum atomic E-state index is 12.6. The smallest absolute Gasteiger partial charge is 0.407 e. The molecule has 0 bridgehead atoms. The second kappa shape index (κ2) is 7.83. The zero-order valence-electron chi connectivity index (χ0n) is 16.1. The maximum absolute atomic E-state index is 12.6. The van der Waals surface area contributed by atoms with Crippen LogP contribution in [-0.2, 0) is 4.79 Å². The fourth-order valence-electron chi connectivity index (χ4n) is 3.19. The molecule has 1 aromatic carbocycles. The van der Waals surface area contributed by atoms with Crippen LogP contribution in [0.4, 0.5) is 4.79 Å². The Labute approximate surface area is 162 Å². The van der Waals surface area contributed by atoms with Gasteiger partial charge in [-0.3, -0.25) is 4.79 Å². The highest BCUT2D eigenvalue weighted by atomic mass is 16.5. The molecule has 1 atom stereocenters. The minimum Gasteiger partial charge on any atom is -0.484 e. The van der Waals surface area contributed by atoms with Gasteiger partial charge in [0.15, 0.2) is 6.61 Å². The second-order valence-corrected chi connectivity index (χ2v) is 7.73. The highest BCUT2D eigenvalue weighted by Gasteiger charge is 2.39. The Morgan fingerprint density at radius 2 is 1.93 bits per heavy atom. The predicted molar refractivity (Wildman–Crippen MR) is 99.2 cm³/mol. The van der Waals surface area contributed by atoms with Gasteiger partial charge in [-0.2, -0.15) is 0 Å². The topological polar surface area (TPSA) is 114 Å².